The second-order valence-electron chi connectivity index (χ2n) is 7.20. The summed E-state index contributed by atoms with van der Waals surface area (Å²) < 4.78 is 29.3. The van der Waals surface area contributed by atoms with E-state index < -0.39 is 35.0 Å². The summed E-state index contributed by atoms with van der Waals surface area (Å²) >= 11 is 0. The van der Waals surface area contributed by atoms with E-state index in [1.165, 1.54) is 0 Å². The molecule has 1 amide bonds. The van der Waals surface area contributed by atoms with Crippen LogP contribution in [0.4, 0.5) is 14.9 Å². The number of ether oxygens (including phenoxy) is 3. The molecule has 0 aliphatic heterocycles. The molecule has 0 fully saturated rings. The topological polar surface area (TPSA) is 135 Å². The van der Waals surface area contributed by atoms with Crippen LogP contribution >= 0.6 is 0 Å². The molecule has 2 aromatic carbocycles. The van der Waals surface area contributed by atoms with E-state index in [-0.39, 0.29) is 26.1 Å². The Balaban J connectivity index is 0.00000480. The van der Waals surface area contributed by atoms with Gasteiger partial charge in [0.2, 0.25) is 0 Å². The number of aliphatic hydroxyl groups is 3. The highest BCUT2D eigenvalue weighted by Crippen LogP contribution is 2.30. The fourth-order valence-corrected chi connectivity index (χ4v) is 2.33. The van der Waals surface area contributed by atoms with Gasteiger partial charge >= 0.3 is 12.3 Å². The van der Waals surface area contributed by atoms with E-state index in [1.54, 1.807) is 45.0 Å². The zero-order valence-electron chi connectivity index (χ0n) is 16.5. The average molecular weight is 439 g/mol. The largest absolute Gasteiger partial charge is 0.486 e. The molecule has 0 heterocycles. The summed E-state index contributed by atoms with van der Waals surface area (Å²) in [6.07, 6.45) is -4.13. The number of hydrogen-bond acceptors (Lipinski definition) is 8. The van der Waals surface area contributed by atoms with Gasteiger partial charge in [0.25, 0.3) is 0 Å². The van der Waals surface area contributed by atoms with Crippen molar-refractivity contribution in [2.24, 2.45) is 0 Å². The molecule has 170 valence electrons. The first-order valence-electron chi connectivity index (χ1n) is 8.73. The van der Waals surface area contributed by atoms with Crippen molar-refractivity contribution in [2.45, 2.75) is 46.6 Å². The summed E-state index contributed by atoms with van der Waals surface area (Å²) in [7, 11) is 0. The summed E-state index contributed by atoms with van der Waals surface area (Å²) in [5.74, 6) is -2.02. The fourth-order valence-electron chi connectivity index (χ4n) is 2.33. The van der Waals surface area contributed by atoms with Crippen LogP contribution in [0.2, 0.25) is 0 Å². The molecule has 0 aliphatic rings. The van der Waals surface area contributed by atoms with Gasteiger partial charge in [-0.1, -0.05) is 19.6 Å². The maximum atomic E-state index is 14.5. The standard InChI is InChI=1S/C20H22FNO8.CH4/c1-19(2,3)30-18(24)22-13-6-4-5-12(9-13)11-28-16-8-7-15(29-20(25,26)27)14(10-23)17(16)21;/h4-10,25-27H,11H2,1-3H3,(H,22,24);1H4. The smallest absolute Gasteiger partial charge is 0.453 e. The maximum absolute atomic E-state index is 14.5. The molecule has 0 saturated carbocycles. The maximum Gasteiger partial charge on any atom is 0.453 e. The van der Waals surface area contributed by atoms with Crippen LogP contribution in [-0.2, 0) is 11.3 Å². The monoisotopic (exact) mass is 439 g/mol. The second kappa shape index (κ2) is 10.2. The van der Waals surface area contributed by atoms with Crippen molar-refractivity contribution in [1.29, 1.82) is 0 Å². The molecule has 0 spiro atoms. The van der Waals surface area contributed by atoms with Crippen molar-refractivity contribution in [2.75, 3.05) is 5.32 Å². The van der Waals surface area contributed by atoms with Gasteiger partial charge < -0.3 is 29.5 Å². The lowest BCUT2D eigenvalue weighted by Crippen LogP contribution is -2.35. The Morgan fingerprint density at radius 2 is 1.77 bits per heavy atom. The lowest BCUT2D eigenvalue weighted by molar-refractivity contribution is -0.419. The number of nitrogens with one attached hydrogen (secondary N) is 1. The Labute approximate surface area is 179 Å². The minimum atomic E-state index is -3.58. The molecular formula is C21H26FNO8. The Morgan fingerprint density at radius 1 is 1.13 bits per heavy atom. The molecule has 9 nitrogen and oxygen atoms in total. The van der Waals surface area contributed by atoms with Gasteiger partial charge in [0.05, 0.1) is 5.56 Å². The molecule has 10 heteroatoms. The molecule has 0 aromatic heterocycles. The highest BCUT2D eigenvalue weighted by molar-refractivity contribution is 5.85. The van der Waals surface area contributed by atoms with Crippen molar-refractivity contribution in [3.8, 4) is 11.5 Å². The molecule has 0 radical (unpaired) electrons. The zero-order chi connectivity index (χ0) is 22.5. The first kappa shape index (κ1) is 25.8. The third kappa shape index (κ3) is 8.21. The summed E-state index contributed by atoms with van der Waals surface area (Å²) in [6.45, 7) is 5.09. The van der Waals surface area contributed by atoms with Crippen LogP contribution in [0.15, 0.2) is 36.4 Å². The molecule has 0 bridgehead atoms. The summed E-state index contributed by atoms with van der Waals surface area (Å²) in [6, 6.07) is 8.67. The van der Waals surface area contributed by atoms with E-state index in [0.717, 1.165) is 12.1 Å². The number of rotatable bonds is 7. The quantitative estimate of drug-likeness (QED) is 0.382. The molecule has 0 unspecified atom stereocenters. The van der Waals surface area contributed by atoms with Crippen LogP contribution < -0.4 is 14.8 Å². The van der Waals surface area contributed by atoms with E-state index >= 15 is 0 Å². The van der Waals surface area contributed by atoms with E-state index in [2.05, 4.69) is 10.1 Å². The lowest BCUT2D eigenvalue weighted by atomic mass is 10.2. The summed E-state index contributed by atoms with van der Waals surface area (Å²) in [5, 5.41) is 29.1. The molecule has 4 N–H and O–H groups in total. The molecule has 31 heavy (non-hydrogen) atoms. The van der Waals surface area contributed by atoms with Gasteiger partial charge in [-0.2, -0.15) is 0 Å². The van der Waals surface area contributed by atoms with Crippen LogP contribution in [0.5, 0.6) is 11.5 Å². The molecule has 0 saturated heterocycles. The Morgan fingerprint density at radius 3 is 2.35 bits per heavy atom. The molecular weight excluding hydrogens is 413 g/mol. The van der Waals surface area contributed by atoms with E-state index in [1.807, 2.05) is 0 Å². The van der Waals surface area contributed by atoms with E-state index in [9.17, 15) is 14.0 Å². The Kier molecular flexibility index (Phi) is 8.50. The first-order chi connectivity index (χ1) is 13.9. The number of anilines is 1. The SMILES string of the molecule is C.CC(C)(C)OC(=O)Nc1cccc(COc2ccc(OC(O)(O)O)c(C=O)c2F)c1. The highest BCUT2D eigenvalue weighted by atomic mass is 19.1. The van der Waals surface area contributed by atoms with Gasteiger partial charge in [-0.15, -0.1) is 0 Å². The van der Waals surface area contributed by atoms with Gasteiger partial charge in [-0.25, -0.2) is 9.18 Å². The minimum Gasteiger partial charge on any atom is -0.486 e. The lowest BCUT2D eigenvalue weighted by Gasteiger charge is -2.19. The van der Waals surface area contributed by atoms with Crippen LogP contribution in [0, 0.1) is 5.82 Å². The van der Waals surface area contributed by atoms with E-state index in [4.69, 9.17) is 24.8 Å². The van der Waals surface area contributed by atoms with Crippen LogP contribution in [0.1, 0.15) is 44.1 Å². The van der Waals surface area contributed by atoms with Gasteiger partial charge in [0.15, 0.2) is 17.9 Å². The van der Waals surface area contributed by atoms with Gasteiger partial charge in [0.1, 0.15) is 18.0 Å². The molecule has 2 aromatic rings. The normalized spacial score (nSPS) is 11.2. The highest BCUT2D eigenvalue weighted by Gasteiger charge is 2.25. The van der Waals surface area contributed by atoms with Crippen molar-refractivity contribution < 1.29 is 43.5 Å². The van der Waals surface area contributed by atoms with Gasteiger partial charge in [0, 0.05) is 5.69 Å². The van der Waals surface area contributed by atoms with Crippen molar-refractivity contribution >= 4 is 18.1 Å². The third-order valence-electron chi connectivity index (χ3n) is 3.44. The zero-order valence-corrected chi connectivity index (χ0v) is 16.5. The number of amides is 1. The summed E-state index contributed by atoms with van der Waals surface area (Å²) in [4.78, 5) is 23.0. The number of carbonyl (C=O) groups is 2. The van der Waals surface area contributed by atoms with Crippen molar-refractivity contribution in [3.63, 3.8) is 0 Å². The van der Waals surface area contributed by atoms with Crippen molar-refractivity contribution in [3.05, 3.63) is 53.3 Å². The van der Waals surface area contributed by atoms with Crippen molar-refractivity contribution in [1.82, 2.24) is 0 Å². The first-order valence-corrected chi connectivity index (χ1v) is 8.73. The average Bonchev–Trinajstić information content (AvgIpc) is 2.58. The second-order valence-corrected chi connectivity index (χ2v) is 7.20. The van der Waals surface area contributed by atoms with Gasteiger partial charge in [-0.3, -0.25) is 10.1 Å². The number of carbonyl (C=O) groups excluding carboxylic acids is 2. The van der Waals surface area contributed by atoms with Crippen LogP contribution in [-0.4, -0.2) is 39.5 Å². The minimum absolute atomic E-state index is 0. The van der Waals surface area contributed by atoms with Crippen LogP contribution in [0.25, 0.3) is 0 Å². The Hall–Kier alpha value is -3.21. The fraction of sp³-hybridized carbons (Fsp3) is 0.333. The van der Waals surface area contributed by atoms with E-state index in [0.29, 0.717) is 11.3 Å². The number of hydrogen-bond donors (Lipinski definition) is 4. The number of benzene rings is 2. The molecule has 0 atom stereocenters. The predicted molar refractivity (Wildman–Crippen MR) is 109 cm³/mol. The predicted octanol–water partition coefficient (Wildman–Crippen LogP) is 3.17. The Bertz CT molecular complexity index is 919. The van der Waals surface area contributed by atoms with Crippen LogP contribution in [0.3, 0.4) is 0 Å². The number of aldehydes is 1. The molecule has 0 aliphatic carbocycles. The number of halogens is 1. The summed E-state index contributed by atoms with van der Waals surface area (Å²) in [5.41, 5.74) is -0.310. The van der Waals surface area contributed by atoms with Gasteiger partial charge in [-0.05, 0) is 50.6 Å². The third-order valence-corrected chi connectivity index (χ3v) is 3.44. The molecule has 2 rings (SSSR count).